The Morgan fingerprint density at radius 3 is 2.04 bits per heavy atom. The van der Waals surface area contributed by atoms with Crippen LogP contribution in [0.2, 0.25) is 0 Å². The van der Waals surface area contributed by atoms with Gasteiger partial charge in [-0.2, -0.15) is 0 Å². The summed E-state index contributed by atoms with van der Waals surface area (Å²) in [6.07, 6.45) is 0. The second-order valence-corrected chi connectivity index (χ2v) is 5.43. The van der Waals surface area contributed by atoms with E-state index in [4.69, 9.17) is 0 Å². The molecular weight excluding hydrogens is 312 g/mol. The summed E-state index contributed by atoms with van der Waals surface area (Å²) in [5, 5.41) is 14.2. The number of nitrogens with one attached hydrogen (secondary N) is 1. The Morgan fingerprint density at radius 1 is 0.840 bits per heavy atom. The van der Waals surface area contributed by atoms with Gasteiger partial charge in [0.1, 0.15) is 6.04 Å². The number of para-hydroxylation sites is 1. The smallest absolute Gasteiger partial charge is 0.269 e. The van der Waals surface area contributed by atoms with Crippen molar-refractivity contribution in [1.29, 1.82) is 0 Å². The number of nitro benzene ring substituents is 1. The molecule has 0 unspecified atom stereocenters. The van der Waals surface area contributed by atoms with Gasteiger partial charge in [0.2, 0.25) is 0 Å². The summed E-state index contributed by atoms with van der Waals surface area (Å²) in [7, 11) is 0. The molecule has 122 valence electrons. The summed E-state index contributed by atoms with van der Waals surface area (Å²) in [5.41, 5.74) is 2.80. The molecule has 0 spiro atoms. The van der Waals surface area contributed by atoms with Crippen LogP contribution in [0.4, 0.5) is 11.4 Å². The maximum absolute atomic E-state index is 10.8. The lowest BCUT2D eigenvalue weighted by molar-refractivity contribution is -0.384. The Morgan fingerprint density at radius 2 is 1.44 bits per heavy atom. The molecule has 4 heteroatoms. The fourth-order valence-electron chi connectivity index (χ4n) is 2.37. The second kappa shape index (κ2) is 7.80. The van der Waals surface area contributed by atoms with Crippen LogP contribution in [0.15, 0.2) is 84.9 Å². The Balaban J connectivity index is 1.91. The molecule has 25 heavy (non-hydrogen) atoms. The van der Waals surface area contributed by atoms with Gasteiger partial charge in [-0.3, -0.25) is 10.1 Å². The molecule has 3 rings (SSSR count). The summed E-state index contributed by atoms with van der Waals surface area (Å²) in [4.78, 5) is 10.4. The number of nitro groups is 1. The van der Waals surface area contributed by atoms with E-state index >= 15 is 0 Å². The number of nitrogens with zero attached hydrogens (tertiary/aromatic N) is 1. The molecule has 1 N–H and O–H groups in total. The number of hydrogen-bond acceptors (Lipinski definition) is 3. The predicted molar refractivity (Wildman–Crippen MR) is 99.2 cm³/mol. The number of rotatable bonds is 4. The average Bonchev–Trinajstić information content (AvgIpc) is 2.67. The second-order valence-electron chi connectivity index (χ2n) is 5.43. The molecular formula is C21H16N2O2. The standard InChI is InChI=1S/C21H16N2O2/c24-23(25)20-14-12-18(13-15-20)21(22-19-9-5-2-6-10-19)16-11-17-7-3-1-4-8-17/h1-10,12-15,21-22H/t21-/m0/s1. The number of hydrogen-bond donors (Lipinski definition) is 1. The molecule has 0 radical (unpaired) electrons. The SMILES string of the molecule is O=[N+]([O-])c1ccc([C@H](C#Cc2ccccc2)Nc2ccccc2)cc1. The van der Waals surface area contributed by atoms with E-state index in [2.05, 4.69) is 17.2 Å². The molecule has 4 nitrogen and oxygen atoms in total. The molecule has 3 aromatic carbocycles. The van der Waals surface area contributed by atoms with Crippen molar-refractivity contribution < 1.29 is 4.92 Å². The van der Waals surface area contributed by atoms with Crippen molar-refractivity contribution in [3.8, 4) is 11.8 Å². The number of anilines is 1. The molecule has 0 bridgehead atoms. The maximum Gasteiger partial charge on any atom is 0.269 e. The van der Waals surface area contributed by atoms with Crippen LogP contribution < -0.4 is 5.32 Å². The minimum Gasteiger partial charge on any atom is -0.368 e. The lowest BCUT2D eigenvalue weighted by Gasteiger charge is -2.15. The van der Waals surface area contributed by atoms with Crippen LogP contribution in [0.3, 0.4) is 0 Å². The summed E-state index contributed by atoms with van der Waals surface area (Å²) < 4.78 is 0. The molecule has 1 atom stereocenters. The Hall–Kier alpha value is -3.58. The van der Waals surface area contributed by atoms with Gasteiger partial charge in [0.25, 0.3) is 5.69 Å². The third-order valence-corrected chi connectivity index (χ3v) is 3.66. The van der Waals surface area contributed by atoms with Gasteiger partial charge in [-0.15, -0.1) is 0 Å². The van der Waals surface area contributed by atoms with Crippen LogP contribution >= 0.6 is 0 Å². The molecule has 0 saturated heterocycles. The quantitative estimate of drug-likeness (QED) is 0.425. The first-order valence-corrected chi connectivity index (χ1v) is 7.85. The fraction of sp³-hybridized carbons (Fsp3) is 0.0476. The number of benzene rings is 3. The molecule has 0 aliphatic heterocycles. The lowest BCUT2D eigenvalue weighted by atomic mass is 10.1. The third kappa shape index (κ3) is 4.46. The van der Waals surface area contributed by atoms with E-state index in [1.807, 2.05) is 60.7 Å². The molecule has 0 amide bonds. The van der Waals surface area contributed by atoms with Crippen LogP contribution in [0, 0.1) is 22.0 Å². The average molecular weight is 328 g/mol. The summed E-state index contributed by atoms with van der Waals surface area (Å²) in [6.45, 7) is 0. The van der Waals surface area contributed by atoms with Gasteiger partial charge in [0, 0.05) is 23.4 Å². The minimum atomic E-state index is -0.404. The highest BCUT2D eigenvalue weighted by molar-refractivity contribution is 5.50. The normalized spacial score (nSPS) is 11.0. The highest BCUT2D eigenvalue weighted by atomic mass is 16.6. The van der Waals surface area contributed by atoms with Gasteiger partial charge in [0.15, 0.2) is 0 Å². The molecule has 3 aromatic rings. The van der Waals surface area contributed by atoms with Gasteiger partial charge >= 0.3 is 0 Å². The van der Waals surface area contributed by atoms with E-state index in [1.165, 1.54) is 12.1 Å². The van der Waals surface area contributed by atoms with Gasteiger partial charge in [-0.1, -0.05) is 48.2 Å². The highest BCUT2D eigenvalue weighted by Gasteiger charge is 2.11. The van der Waals surface area contributed by atoms with Crippen molar-refractivity contribution >= 4 is 11.4 Å². The Labute approximate surface area is 146 Å². The Kier molecular flexibility index (Phi) is 5.08. The molecule has 0 heterocycles. The molecule has 0 aliphatic rings. The zero-order valence-electron chi connectivity index (χ0n) is 13.4. The van der Waals surface area contributed by atoms with Crippen LogP contribution in [-0.2, 0) is 0 Å². The van der Waals surface area contributed by atoms with Crippen LogP contribution in [0.1, 0.15) is 17.2 Å². The minimum absolute atomic E-state index is 0.0678. The van der Waals surface area contributed by atoms with Crippen molar-refractivity contribution in [3.05, 3.63) is 106 Å². The highest BCUT2D eigenvalue weighted by Crippen LogP contribution is 2.21. The largest absolute Gasteiger partial charge is 0.368 e. The third-order valence-electron chi connectivity index (χ3n) is 3.66. The van der Waals surface area contributed by atoms with Crippen molar-refractivity contribution in [1.82, 2.24) is 0 Å². The van der Waals surface area contributed by atoms with E-state index in [0.717, 1.165) is 16.8 Å². The van der Waals surface area contributed by atoms with E-state index in [0.29, 0.717) is 0 Å². The monoisotopic (exact) mass is 328 g/mol. The van der Waals surface area contributed by atoms with Crippen LogP contribution in [-0.4, -0.2) is 4.92 Å². The van der Waals surface area contributed by atoms with E-state index < -0.39 is 4.92 Å². The molecule has 0 fully saturated rings. The number of non-ortho nitro benzene ring substituents is 1. The van der Waals surface area contributed by atoms with Crippen molar-refractivity contribution in [3.63, 3.8) is 0 Å². The topological polar surface area (TPSA) is 55.2 Å². The zero-order chi connectivity index (χ0) is 17.5. The van der Waals surface area contributed by atoms with Crippen molar-refractivity contribution in [2.24, 2.45) is 0 Å². The first-order chi connectivity index (χ1) is 12.2. The first kappa shape index (κ1) is 16.3. The van der Waals surface area contributed by atoms with Gasteiger partial charge in [-0.25, -0.2) is 0 Å². The van der Waals surface area contributed by atoms with Crippen LogP contribution in [0.5, 0.6) is 0 Å². The van der Waals surface area contributed by atoms with Crippen molar-refractivity contribution in [2.75, 3.05) is 5.32 Å². The maximum atomic E-state index is 10.8. The summed E-state index contributed by atoms with van der Waals surface area (Å²) in [6, 6.07) is 25.7. The fourth-order valence-corrected chi connectivity index (χ4v) is 2.37. The van der Waals surface area contributed by atoms with Crippen LogP contribution in [0.25, 0.3) is 0 Å². The summed E-state index contributed by atoms with van der Waals surface area (Å²) >= 11 is 0. The Bertz CT molecular complexity index is 895. The molecule has 0 aromatic heterocycles. The molecule has 0 saturated carbocycles. The lowest BCUT2D eigenvalue weighted by Crippen LogP contribution is -2.08. The predicted octanol–water partition coefficient (Wildman–Crippen LogP) is 4.80. The van der Waals surface area contributed by atoms with Crippen molar-refractivity contribution in [2.45, 2.75) is 6.04 Å². The van der Waals surface area contributed by atoms with E-state index in [9.17, 15) is 10.1 Å². The van der Waals surface area contributed by atoms with E-state index in [1.54, 1.807) is 12.1 Å². The molecule has 0 aliphatic carbocycles. The first-order valence-electron chi connectivity index (χ1n) is 7.85. The summed E-state index contributed by atoms with van der Waals surface area (Å²) in [5.74, 6) is 6.37. The zero-order valence-corrected chi connectivity index (χ0v) is 13.4. The van der Waals surface area contributed by atoms with Gasteiger partial charge in [0.05, 0.1) is 4.92 Å². The van der Waals surface area contributed by atoms with Gasteiger partial charge in [-0.05, 0) is 42.0 Å². The van der Waals surface area contributed by atoms with Gasteiger partial charge < -0.3 is 5.32 Å². The van der Waals surface area contributed by atoms with E-state index in [-0.39, 0.29) is 11.7 Å².